The number of amides is 1. The molecule has 1 amide bonds. The first-order valence-electron chi connectivity index (χ1n) is 7.23. The molecule has 2 N–H and O–H groups in total. The summed E-state index contributed by atoms with van der Waals surface area (Å²) in [7, 11) is 0. The largest absolute Gasteiger partial charge is 0.378 e. The van der Waals surface area contributed by atoms with Gasteiger partial charge in [0, 0.05) is 26.1 Å². The molecule has 1 heterocycles. The molecule has 0 aliphatic carbocycles. The van der Waals surface area contributed by atoms with Crippen LogP contribution < -0.4 is 5.73 Å². The van der Waals surface area contributed by atoms with E-state index in [-0.39, 0.29) is 5.91 Å². The van der Waals surface area contributed by atoms with E-state index < -0.39 is 0 Å². The molecule has 1 aliphatic heterocycles. The molecular formula is C14H28N2O2. The molecule has 1 atom stereocenters. The highest BCUT2D eigenvalue weighted by atomic mass is 16.5. The van der Waals surface area contributed by atoms with E-state index >= 15 is 0 Å². The zero-order valence-electron chi connectivity index (χ0n) is 11.9. The minimum Gasteiger partial charge on any atom is -0.378 e. The third kappa shape index (κ3) is 5.83. The minimum absolute atomic E-state index is 0.257. The van der Waals surface area contributed by atoms with Gasteiger partial charge in [-0.1, -0.05) is 13.8 Å². The maximum Gasteiger partial charge on any atom is 0.222 e. The van der Waals surface area contributed by atoms with Gasteiger partial charge in [-0.05, 0) is 38.1 Å². The predicted octanol–water partition coefficient (Wildman–Crippen LogP) is 1.78. The zero-order chi connectivity index (χ0) is 13.4. The Labute approximate surface area is 111 Å². The summed E-state index contributed by atoms with van der Waals surface area (Å²) < 4.78 is 5.55. The topological polar surface area (TPSA) is 55.6 Å². The first-order chi connectivity index (χ1) is 8.63. The molecule has 0 saturated carbocycles. The van der Waals surface area contributed by atoms with Gasteiger partial charge in [0.25, 0.3) is 0 Å². The molecule has 1 fully saturated rings. The second kappa shape index (κ2) is 8.48. The molecule has 0 aromatic heterocycles. The number of carbonyl (C=O) groups excluding carboxylic acids is 1. The SMILES string of the molecule is CC(C)CN(CCCN)C(=O)CCC1CCCO1. The Balaban J connectivity index is 2.31. The average molecular weight is 256 g/mol. The maximum atomic E-state index is 12.2. The Morgan fingerprint density at radius 3 is 2.83 bits per heavy atom. The van der Waals surface area contributed by atoms with Crippen molar-refractivity contribution in [1.29, 1.82) is 0 Å². The van der Waals surface area contributed by atoms with E-state index in [0.29, 0.717) is 25.0 Å². The molecular weight excluding hydrogens is 228 g/mol. The Kier molecular flexibility index (Phi) is 7.28. The minimum atomic E-state index is 0.257. The molecule has 0 spiro atoms. The Morgan fingerprint density at radius 1 is 1.50 bits per heavy atom. The predicted molar refractivity (Wildman–Crippen MR) is 73.3 cm³/mol. The summed E-state index contributed by atoms with van der Waals surface area (Å²) in [5.41, 5.74) is 5.52. The monoisotopic (exact) mass is 256 g/mol. The van der Waals surface area contributed by atoms with Crippen LogP contribution in [0, 0.1) is 5.92 Å². The van der Waals surface area contributed by atoms with Gasteiger partial charge in [0.1, 0.15) is 0 Å². The summed E-state index contributed by atoms with van der Waals surface area (Å²) >= 11 is 0. The molecule has 106 valence electrons. The van der Waals surface area contributed by atoms with E-state index in [9.17, 15) is 4.79 Å². The van der Waals surface area contributed by atoms with Gasteiger partial charge in [0.05, 0.1) is 6.10 Å². The van der Waals surface area contributed by atoms with Crippen molar-refractivity contribution in [1.82, 2.24) is 4.90 Å². The van der Waals surface area contributed by atoms with Crippen molar-refractivity contribution in [2.45, 2.75) is 52.1 Å². The van der Waals surface area contributed by atoms with Gasteiger partial charge in [-0.3, -0.25) is 4.79 Å². The fourth-order valence-corrected chi connectivity index (χ4v) is 2.36. The summed E-state index contributed by atoms with van der Waals surface area (Å²) in [5, 5.41) is 0. The second-order valence-electron chi connectivity index (χ2n) is 5.55. The second-order valence-corrected chi connectivity index (χ2v) is 5.55. The van der Waals surface area contributed by atoms with Gasteiger partial charge in [0.2, 0.25) is 5.91 Å². The number of carbonyl (C=O) groups is 1. The van der Waals surface area contributed by atoms with Crippen molar-refractivity contribution < 1.29 is 9.53 Å². The molecule has 0 aromatic carbocycles. The molecule has 1 saturated heterocycles. The fraction of sp³-hybridized carbons (Fsp3) is 0.929. The van der Waals surface area contributed by atoms with E-state index in [1.807, 2.05) is 4.90 Å². The van der Waals surface area contributed by atoms with Gasteiger partial charge in [-0.25, -0.2) is 0 Å². The number of nitrogens with zero attached hydrogens (tertiary/aromatic N) is 1. The number of ether oxygens (including phenoxy) is 1. The van der Waals surface area contributed by atoms with Gasteiger partial charge < -0.3 is 15.4 Å². The third-order valence-electron chi connectivity index (χ3n) is 3.27. The highest BCUT2D eigenvalue weighted by Gasteiger charge is 2.19. The number of rotatable bonds is 8. The van der Waals surface area contributed by atoms with Crippen LogP contribution in [0.25, 0.3) is 0 Å². The smallest absolute Gasteiger partial charge is 0.222 e. The van der Waals surface area contributed by atoms with Crippen LogP contribution in [0.1, 0.15) is 46.0 Å². The first-order valence-corrected chi connectivity index (χ1v) is 7.23. The van der Waals surface area contributed by atoms with Gasteiger partial charge >= 0.3 is 0 Å². The Hall–Kier alpha value is -0.610. The van der Waals surface area contributed by atoms with Crippen LogP contribution in [0.2, 0.25) is 0 Å². The molecule has 4 nitrogen and oxygen atoms in total. The Morgan fingerprint density at radius 2 is 2.28 bits per heavy atom. The van der Waals surface area contributed by atoms with Gasteiger partial charge in [-0.2, -0.15) is 0 Å². The van der Waals surface area contributed by atoms with E-state index in [1.54, 1.807) is 0 Å². The molecule has 1 aliphatic rings. The maximum absolute atomic E-state index is 12.2. The Bertz CT molecular complexity index is 238. The normalized spacial score (nSPS) is 19.4. The highest BCUT2D eigenvalue weighted by Crippen LogP contribution is 2.17. The third-order valence-corrected chi connectivity index (χ3v) is 3.27. The van der Waals surface area contributed by atoms with Crippen molar-refractivity contribution in [2.24, 2.45) is 11.7 Å². The van der Waals surface area contributed by atoms with E-state index in [2.05, 4.69) is 13.8 Å². The molecule has 1 rings (SSSR count). The summed E-state index contributed by atoms with van der Waals surface area (Å²) in [5.74, 6) is 0.766. The molecule has 0 aromatic rings. The van der Waals surface area contributed by atoms with Crippen molar-refractivity contribution in [3.8, 4) is 0 Å². The van der Waals surface area contributed by atoms with Crippen molar-refractivity contribution in [3.63, 3.8) is 0 Å². The van der Waals surface area contributed by atoms with Crippen LogP contribution in [-0.2, 0) is 9.53 Å². The highest BCUT2D eigenvalue weighted by molar-refractivity contribution is 5.76. The summed E-state index contributed by atoms with van der Waals surface area (Å²) in [6.07, 6.45) is 4.93. The fourth-order valence-electron chi connectivity index (χ4n) is 2.36. The van der Waals surface area contributed by atoms with Crippen LogP contribution in [0.4, 0.5) is 0 Å². The average Bonchev–Trinajstić information content (AvgIpc) is 2.84. The van der Waals surface area contributed by atoms with Crippen LogP contribution in [0.5, 0.6) is 0 Å². The standard InChI is InChI=1S/C14H28N2O2/c1-12(2)11-16(9-4-8-15)14(17)7-6-13-5-3-10-18-13/h12-13H,3-11,15H2,1-2H3. The lowest BCUT2D eigenvalue weighted by Gasteiger charge is -2.25. The van der Waals surface area contributed by atoms with Crippen LogP contribution >= 0.6 is 0 Å². The molecule has 4 heteroatoms. The molecule has 1 unspecified atom stereocenters. The van der Waals surface area contributed by atoms with Gasteiger partial charge in [0.15, 0.2) is 0 Å². The first kappa shape index (κ1) is 15.4. The molecule has 0 radical (unpaired) electrons. The van der Waals surface area contributed by atoms with Crippen molar-refractivity contribution in [3.05, 3.63) is 0 Å². The van der Waals surface area contributed by atoms with Crippen molar-refractivity contribution in [2.75, 3.05) is 26.2 Å². The lowest BCUT2D eigenvalue weighted by molar-refractivity contribution is -0.132. The summed E-state index contributed by atoms with van der Waals surface area (Å²) in [4.78, 5) is 14.1. The van der Waals surface area contributed by atoms with Crippen LogP contribution in [0.3, 0.4) is 0 Å². The van der Waals surface area contributed by atoms with Crippen molar-refractivity contribution >= 4 is 5.91 Å². The summed E-state index contributed by atoms with van der Waals surface area (Å²) in [6, 6.07) is 0. The number of nitrogens with two attached hydrogens (primary N) is 1. The van der Waals surface area contributed by atoms with E-state index in [4.69, 9.17) is 10.5 Å². The number of hydrogen-bond donors (Lipinski definition) is 1. The zero-order valence-corrected chi connectivity index (χ0v) is 11.9. The van der Waals surface area contributed by atoms with Crippen LogP contribution in [0.15, 0.2) is 0 Å². The molecule has 0 bridgehead atoms. The quantitative estimate of drug-likeness (QED) is 0.720. The van der Waals surface area contributed by atoms with E-state index in [0.717, 1.165) is 45.4 Å². The lowest BCUT2D eigenvalue weighted by Crippen LogP contribution is -2.36. The molecule has 18 heavy (non-hydrogen) atoms. The lowest BCUT2D eigenvalue weighted by atomic mass is 10.1. The summed E-state index contributed by atoms with van der Waals surface area (Å²) in [6.45, 7) is 7.42. The van der Waals surface area contributed by atoms with Crippen LogP contribution in [-0.4, -0.2) is 43.2 Å². The number of hydrogen-bond acceptors (Lipinski definition) is 3. The van der Waals surface area contributed by atoms with Gasteiger partial charge in [-0.15, -0.1) is 0 Å². The van der Waals surface area contributed by atoms with E-state index in [1.165, 1.54) is 0 Å².